The molecule has 2 amide bonds. The maximum atomic E-state index is 11.9. The van der Waals surface area contributed by atoms with E-state index >= 15 is 0 Å². The molecule has 0 radical (unpaired) electrons. The molecule has 0 fully saturated rings. The molecule has 1 aromatic carbocycles. The minimum atomic E-state index is -0.666. The average molecular weight is 256 g/mol. The van der Waals surface area contributed by atoms with Crippen molar-refractivity contribution in [2.45, 2.75) is 12.5 Å². The highest BCUT2D eigenvalue weighted by Crippen LogP contribution is 2.03. The number of rotatable bonds is 6. The highest BCUT2D eigenvalue weighted by Gasteiger charge is 2.19. The van der Waals surface area contributed by atoms with Crippen molar-refractivity contribution >= 4 is 11.8 Å². The average Bonchev–Trinajstić information content (AvgIpc) is 2.44. The topological polar surface area (TPSA) is 58.2 Å². The fourth-order valence-corrected chi connectivity index (χ4v) is 1.55. The summed E-state index contributed by atoms with van der Waals surface area (Å²) in [6.07, 6.45) is 6.62. The van der Waals surface area contributed by atoms with E-state index < -0.39 is 11.9 Å². The number of benzene rings is 1. The number of nitrogens with one attached hydrogen (secondary N) is 2. The van der Waals surface area contributed by atoms with E-state index in [0.717, 1.165) is 11.6 Å². The Bertz CT molecular complexity index is 489. The van der Waals surface area contributed by atoms with Crippen LogP contribution in [0.25, 0.3) is 0 Å². The standard InChI is InChI=1S/C15H16N2O2/c1-3-10-16-15(19)13(17-14(18)4-2)11-12-8-6-5-7-9-12/h1,4-9,13H,2,10-11H2,(H,16,19)(H,17,18)/t13-/m1/s1. The van der Waals surface area contributed by atoms with Crippen molar-refractivity contribution < 1.29 is 9.59 Å². The van der Waals surface area contributed by atoms with Crippen molar-refractivity contribution in [2.24, 2.45) is 0 Å². The Labute approximate surface area is 112 Å². The second-order valence-electron chi connectivity index (χ2n) is 3.88. The van der Waals surface area contributed by atoms with Crippen LogP contribution in [0.1, 0.15) is 5.56 Å². The molecular weight excluding hydrogens is 240 g/mol. The van der Waals surface area contributed by atoms with E-state index in [0.29, 0.717) is 6.42 Å². The Balaban J connectivity index is 2.74. The van der Waals surface area contributed by atoms with E-state index in [1.165, 1.54) is 0 Å². The number of amides is 2. The number of hydrogen-bond acceptors (Lipinski definition) is 2. The summed E-state index contributed by atoms with van der Waals surface area (Å²) in [6.45, 7) is 3.50. The summed E-state index contributed by atoms with van der Waals surface area (Å²) in [5.41, 5.74) is 0.952. The third kappa shape index (κ3) is 5.09. The van der Waals surface area contributed by atoms with Gasteiger partial charge in [-0.05, 0) is 11.6 Å². The van der Waals surface area contributed by atoms with Gasteiger partial charge in [0.05, 0.1) is 6.54 Å². The van der Waals surface area contributed by atoms with Crippen LogP contribution in [0.2, 0.25) is 0 Å². The van der Waals surface area contributed by atoms with Crippen molar-refractivity contribution in [2.75, 3.05) is 6.54 Å². The highest BCUT2D eigenvalue weighted by molar-refractivity contribution is 5.92. The Morgan fingerprint density at radius 3 is 2.63 bits per heavy atom. The lowest BCUT2D eigenvalue weighted by Crippen LogP contribution is -2.47. The molecule has 0 aromatic heterocycles. The fraction of sp³-hybridized carbons (Fsp3) is 0.200. The lowest BCUT2D eigenvalue weighted by Gasteiger charge is -2.17. The summed E-state index contributed by atoms with van der Waals surface area (Å²) in [7, 11) is 0. The van der Waals surface area contributed by atoms with Crippen molar-refractivity contribution in [1.82, 2.24) is 10.6 Å². The minimum absolute atomic E-state index is 0.133. The molecule has 4 heteroatoms. The van der Waals surface area contributed by atoms with Crippen LogP contribution in [0.4, 0.5) is 0 Å². The quantitative estimate of drug-likeness (QED) is 0.580. The summed E-state index contributed by atoms with van der Waals surface area (Å²) in [6, 6.07) is 8.76. The molecule has 1 rings (SSSR count). The SMILES string of the molecule is C#CCNC(=O)[C@@H](Cc1ccccc1)NC(=O)C=C. The van der Waals surface area contributed by atoms with E-state index in [1.54, 1.807) is 0 Å². The lowest BCUT2D eigenvalue weighted by atomic mass is 10.1. The van der Waals surface area contributed by atoms with Crippen molar-refractivity contribution in [3.05, 3.63) is 48.6 Å². The van der Waals surface area contributed by atoms with E-state index in [4.69, 9.17) is 6.42 Å². The lowest BCUT2D eigenvalue weighted by molar-refractivity contribution is -0.126. The molecule has 0 spiro atoms. The maximum Gasteiger partial charge on any atom is 0.244 e. The normalized spacial score (nSPS) is 10.9. The molecule has 0 heterocycles. The van der Waals surface area contributed by atoms with Gasteiger partial charge in [-0.25, -0.2) is 0 Å². The number of terminal acetylenes is 1. The van der Waals surface area contributed by atoms with Gasteiger partial charge in [-0.1, -0.05) is 42.8 Å². The molecule has 1 aromatic rings. The van der Waals surface area contributed by atoms with Gasteiger partial charge in [0, 0.05) is 6.42 Å². The molecule has 1 atom stereocenters. The predicted molar refractivity (Wildman–Crippen MR) is 74.1 cm³/mol. The molecule has 0 bridgehead atoms. The Kier molecular flexibility index (Phi) is 5.90. The summed E-state index contributed by atoms with van der Waals surface area (Å²) < 4.78 is 0. The number of hydrogen-bond donors (Lipinski definition) is 2. The second kappa shape index (κ2) is 7.72. The zero-order chi connectivity index (χ0) is 14.1. The van der Waals surface area contributed by atoms with Gasteiger partial charge in [0.25, 0.3) is 0 Å². The molecule has 0 aliphatic rings. The Hall–Kier alpha value is -2.54. The zero-order valence-electron chi connectivity index (χ0n) is 10.6. The van der Waals surface area contributed by atoms with Crippen LogP contribution in [-0.4, -0.2) is 24.4 Å². The first-order valence-corrected chi connectivity index (χ1v) is 5.85. The number of carbonyl (C=O) groups is 2. The van der Waals surface area contributed by atoms with Crippen molar-refractivity contribution in [3.8, 4) is 12.3 Å². The van der Waals surface area contributed by atoms with Crippen molar-refractivity contribution in [3.63, 3.8) is 0 Å². The van der Waals surface area contributed by atoms with Crippen LogP contribution >= 0.6 is 0 Å². The van der Waals surface area contributed by atoms with Crippen LogP contribution in [0.5, 0.6) is 0 Å². The zero-order valence-corrected chi connectivity index (χ0v) is 10.6. The van der Waals surface area contributed by atoms with E-state index in [2.05, 4.69) is 23.1 Å². The van der Waals surface area contributed by atoms with E-state index in [-0.39, 0.29) is 12.5 Å². The molecule has 0 unspecified atom stereocenters. The Morgan fingerprint density at radius 2 is 2.05 bits per heavy atom. The van der Waals surface area contributed by atoms with Gasteiger partial charge in [-0.2, -0.15) is 0 Å². The van der Waals surface area contributed by atoms with Crippen LogP contribution < -0.4 is 10.6 Å². The van der Waals surface area contributed by atoms with Gasteiger partial charge in [-0.15, -0.1) is 6.42 Å². The summed E-state index contributed by atoms with van der Waals surface area (Å²) in [4.78, 5) is 23.2. The van der Waals surface area contributed by atoms with Crippen LogP contribution in [-0.2, 0) is 16.0 Å². The van der Waals surface area contributed by atoms with Gasteiger partial charge in [0.15, 0.2) is 0 Å². The molecule has 98 valence electrons. The second-order valence-corrected chi connectivity index (χ2v) is 3.88. The molecule has 0 aliphatic heterocycles. The minimum Gasteiger partial charge on any atom is -0.343 e. The fourth-order valence-electron chi connectivity index (χ4n) is 1.55. The van der Waals surface area contributed by atoms with Gasteiger partial charge >= 0.3 is 0 Å². The first-order valence-electron chi connectivity index (χ1n) is 5.85. The number of carbonyl (C=O) groups excluding carboxylic acids is 2. The predicted octanol–water partition coefficient (Wildman–Crippen LogP) is 0.649. The van der Waals surface area contributed by atoms with Crippen molar-refractivity contribution in [1.29, 1.82) is 0 Å². The third-order valence-corrected chi connectivity index (χ3v) is 2.47. The largest absolute Gasteiger partial charge is 0.343 e. The third-order valence-electron chi connectivity index (χ3n) is 2.47. The van der Waals surface area contributed by atoms with Crippen LogP contribution in [0, 0.1) is 12.3 Å². The first kappa shape index (κ1) is 14.5. The molecule has 0 aliphatic carbocycles. The molecule has 19 heavy (non-hydrogen) atoms. The smallest absolute Gasteiger partial charge is 0.244 e. The van der Waals surface area contributed by atoms with Gasteiger partial charge in [0.2, 0.25) is 11.8 Å². The maximum absolute atomic E-state index is 11.9. The monoisotopic (exact) mass is 256 g/mol. The van der Waals surface area contributed by atoms with E-state index in [9.17, 15) is 9.59 Å². The van der Waals surface area contributed by atoms with Gasteiger partial charge in [-0.3, -0.25) is 9.59 Å². The molecule has 0 saturated heterocycles. The molecule has 0 saturated carbocycles. The Morgan fingerprint density at radius 1 is 1.37 bits per heavy atom. The molecule has 2 N–H and O–H groups in total. The van der Waals surface area contributed by atoms with Gasteiger partial charge in [0.1, 0.15) is 6.04 Å². The van der Waals surface area contributed by atoms with Crippen LogP contribution in [0.3, 0.4) is 0 Å². The van der Waals surface area contributed by atoms with E-state index in [1.807, 2.05) is 30.3 Å². The van der Waals surface area contributed by atoms with Crippen LogP contribution in [0.15, 0.2) is 43.0 Å². The summed E-state index contributed by atoms with van der Waals surface area (Å²) >= 11 is 0. The summed E-state index contributed by atoms with van der Waals surface area (Å²) in [5.74, 6) is 1.62. The first-order chi connectivity index (χ1) is 9.17. The molecular formula is C15H16N2O2. The molecule has 4 nitrogen and oxygen atoms in total. The van der Waals surface area contributed by atoms with Gasteiger partial charge < -0.3 is 10.6 Å². The summed E-state index contributed by atoms with van der Waals surface area (Å²) in [5, 5.41) is 5.14. The highest BCUT2D eigenvalue weighted by atomic mass is 16.2.